The van der Waals surface area contributed by atoms with Crippen LogP contribution in [0.5, 0.6) is 0 Å². The molecule has 6 heteroatoms. The highest BCUT2D eigenvalue weighted by molar-refractivity contribution is 7.13. The smallest absolute Gasteiger partial charge is 0.267 e. The molecule has 1 aromatic carbocycles. The van der Waals surface area contributed by atoms with Gasteiger partial charge in [-0.2, -0.15) is 5.10 Å². The third kappa shape index (κ3) is 4.01. The van der Waals surface area contributed by atoms with Gasteiger partial charge in [0, 0.05) is 11.8 Å². The zero-order valence-corrected chi connectivity index (χ0v) is 16.7. The summed E-state index contributed by atoms with van der Waals surface area (Å²) in [4.78, 5) is 26.2. The molecule has 3 rings (SSSR count). The van der Waals surface area contributed by atoms with Crippen LogP contribution < -0.4 is 10.9 Å². The van der Waals surface area contributed by atoms with E-state index < -0.39 is 5.54 Å². The van der Waals surface area contributed by atoms with Crippen molar-refractivity contribution < 1.29 is 4.79 Å². The number of hydrogen-bond acceptors (Lipinski definition) is 4. The van der Waals surface area contributed by atoms with Crippen molar-refractivity contribution in [2.24, 2.45) is 0 Å². The largest absolute Gasteiger partial charge is 0.324 e. The van der Waals surface area contributed by atoms with Crippen molar-refractivity contribution >= 4 is 22.9 Å². The molecule has 140 valence electrons. The Morgan fingerprint density at radius 1 is 1.11 bits per heavy atom. The van der Waals surface area contributed by atoms with Crippen LogP contribution in [0, 0.1) is 0 Å². The summed E-state index contributed by atoms with van der Waals surface area (Å²) in [6, 6.07) is 14.7. The van der Waals surface area contributed by atoms with Gasteiger partial charge in [0.05, 0.1) is 4.88 Å². The molecule has 2 aromatic heterocycles. The number of carbonyl (C=O) groups is 1. The lowest BCUT2D eigenvalue weighted by Gasteiger charge is -2.25. The molecule has 0 bridgehead atoms. The van der Waals surface area contributed by atoms with Crippen LogP contribution in [0.1, 0.15) is 39.2 Å². The predicted molar refractivity (Wildman–Crippen MR) is 110 cm³/mol. The number of rotatable bonds is 5. The third-order valence-corrected chi connectivity index (χ3v) is 5.39. The van der Waals surface area contributed by atoms with Gasteiger partial charge in [-0.25, -0.2) is 4.68 Å². The second-order valence-electron chi connectivity index (χ2n) is 7.24. The molecular weight excluding hydrogens is 358 g/mol. The van der Waals surface area contributed by atoms with Gasteiger partial charge in [0.1, 0.15) is 11.2 Å². The molecule has 0 aliphatic heterocycles. The first-order valence-electron chi connectivity index (χ1n) is 8.85. The minimum absolute atomic E-state index is 0.294. The van der Waals surface area contributed by atoms with Gasteiger partial charge < -0.3 is 5.32 Å². The lowest BCUT2D eigenvalue weighted by atomic mass is 10.0. The molecule has 0 aliphatic rings. The van der Waals surface area contributed by atoms with Crippen LogP contribution in [0.15, 0.2) is 58.7 Å². The highest BCUT2D eigenvalue weighted by atomic mass is 32.1. The molecule has 0 radical (unpaired) electrons. The average Bonchev–Trinajstić information content (AvgIpc) is 3.17. The highest BCUT2D eigenvalue weighted by Crippen LogP contribution is 2.23. The predicted octanol–water partition coefficient (Wildman–Crippen LogP) is 4.47. The number of thiophene rings is 1. The molecule has 1 N–H and O–H groups in total. The number of benzene rings is 1. The molecule has 0 fully saturated rings. The summed E-state index contributed by atoms with van der Waals surface area (Å²) < 4.78 is 1.25. The van der Waals surface area contributed by atoms with E-state index in [9.17, 15) is 9.59 Å². The fourth-order valence-corrected chi connectivity index (χ4v) is 3.39. The minimum Gasteiger partial charge on any atom is -0.324 e. The monoisotopic (exact) mass is 381 g/mol. The number of nitrogens with one attached hydrogen (secondary N) is 1. The zero-order valence-electron chi connectivity index (χ0n) is 15.9. The highest BCUT2D eigenvalue weighted by Gasteiger charge is 2.32. The maximum Gasteiger partial charge on any atom is 0.267 e. The van der Waals surface area contributed by atoms with E-state index in [1.54, 1.807) is 19.9 Å². The van der Waals surface area contributed by atoms with Crippen molar-refractivity contribution in [3.05, 3.63) is 69.8 Å². The third-order valence-electron chi connectivity index (χ3n) is 4.49. The van der Waals surface area contributed by atoms with E-state index in [1.807, 2.05) is 41.8 Å². The molecule has 3 aromatic rings. The molecule has 5 nitrogen and oxygen atoms in total. The van der Waals surface area contributed by atoms with Gasteiger partial charge in [-0.3, -0.25) is 9.59 Å². The van der Waals surface area contributed by atoms with E-state index in [0.29, 0.717) is 17.3 Å². The standard InChI is InChI=1S/C21H23N3O2S/c1-14(2)15-7-9-16(10-8-15)22-20(26)21(3,4)24-19(25)12-11-17(23-24)18-6-5-13-27-18/h5-14H,1-4H3,(H,22,26). The number of nitrogens with zero attached hydrogens (tertiary/aromatic N) is 2. The van der Waals surface area contributed by atoms with Crippen molar-refractivity contribution in [2.45, 2.75) is 39.2 Å². The first kappa shape index (κ1) is 19.0. The van der Waals surface area contributed by atoms with Crippen molar-refractivity contribution in [3.8, 4) is 10.6 Å². The maximum atomic E-state index is 12.9. The molecule has 0 saturated heterocycles. The normalized spacial score (nSPS) is 11.6. The van der Waals surface area contributed by atoms with Crippen LogP contribution in [0.3, 0.4) is 0 Å². The number of amides is 1. The summed E-state index contributed by atoms with van der Waals surface area (Å²) >= 11 is 1.54. The van der Waals surface area contributed by atoms with Gasteiger partial charge in [-0.15, -0.1) is 11.3 Å². The van der Waals surface area contributed by atoms with Crippen LogP contribution in [0.2, 0.25) is 0 Å². The molecule has 2 heterocycles. The molecule has 1 amide bonds. The quantitative estimate of drug-likeness (QED) is 0.709. The summed E-state index contributed by atoms with van der Waals surface area (Å²) in [5.41, 5.74) is 1.12. The van der Waals surface area contributed by atoms with E-state index in [2.05, 4.69) is 24.3 Å². The Balaban J connectivity index is 1.88. The summed E-state index contributed by atoms with van der Waals surface area (Å²) in [5, 5.41) is 9.28. The number of hydrogen-bond donors (Lipinski definition) is 1. The Morgan fingerprint density at radius 3 is 2.41 bits per heavy atom. The zero-order chi connectivity index (χ0) is 19.6. The molecule has 0 spiro atoms. The Hall–Kier alpha value is -2.73. The van der Waals surface area contributed by atoms with Crippen LogP contribution in [0.25, 0.3) is 10.6 Å². The summed E-state index contributed by atoms with van der Waals surface area (Å²) in [7, 11) is 0. The number of aromatic nitrogens is 2. The first-order valence-corrected chi connectivity index (χ1v) is 9.73. The van der Waals surface area contributed by atoms with E-state index in [-0.39, 0.29) is 11.5 Å². The number of carbonyl (C=O) groups excluding carboxylic acids is 1. The minimum atomic E-state index is -1.14. The number of anilines is 1. The van der Waals surface area contributed by atoms with Crippen LogP contribution >= 0.6 is 11.3 Å². The Morgan fingerprint density at radius 2 is 1.81 bits per heavy atom. The molecule has 0 atom stereocenters. The second kappa shape index (κ2) is 7.48. The van der Waals surface area contributed by atoms with Crippen LogP contribution in [-0.4, -0.2) is 15.7 Å². The average molecular weight is 382 g/mol. The summed E-state index contributed by atoms with van der Waals surface area (Å²) in [6.07, 6.45) is 0. The lowest BCUT2D eigenvalue weighted by molar-refractivity contribution is -0.123. The van der Waals surface area contributed by atoms with Crippen LogP contribution in [-0.2, 0) is 10.3 Å². The van der Waals surface area contributed by atoms with Crippen molar-refractivity contribution in [3.63, 3.8) is 0 Å². The lowest BCUT2D eigenvalue weighted by Crippen LogP contribution is -2.47. The van der Waals surface area contributed by atoms with Gasteiger partial charge in [-0.05, 0) is 55.0 Å². The van der Waals surface area contributed by atoms with Gasteiger partial charge in [0.25, 0.3) is 11.5 Å². The molecule has 0 saturated carbocycles. The van der Waals surface area contributed by atoms with Gasteiger partial charge in [0.15, 0.2) is 0 Å². The SMILES string of the molecule is CC(C)c1ccc(NC(=O)C(C)(C)n2nc(-c3cccs3)ccc2=O)cc1. The fourth-order valence-electron chi connectivity index (χ4n) is 2.70. The van der Waals surface area contributed by atoms with Crippen molar-refractivity contribution in [2.75, 3.05) is 5.32 Å². The molecule has 0 aliphatic carbocycles. The Kier molecular flexibility index (Phi) is 5.28. The summed E-state index contributed by atoms with van der Waals surface area (Å²) in [5.74, 6) is 0.131. The van der Waals surface area contributed by atoms with Crippen molar-refractivity contribution in [1.82, 2.24) is 9.78 Å². The van der Waals surface area contributed by atoms with Crippen LogP contribution in [0.4, 0.5) is 5.69 Å². The molecular formula is C21H23N3O2S. The van der Waals surface area contributed by atoms with E-state index in [0.717, 1.165) is 4.88 Å². The maximum absolute atomic E-state index is 12.9. The molecule has 27 heavy (non-hydrogen) atoms. The van der Waals surface area contributed by atoms with E-state index in [4.69, 9.17) is 0 Å². The molecule has 0 unspecified atom stereocenters. The van der Waals surface area contributed by atoms with E-state index >= 15 is 0 Å². The van der Waals surface area contributed by atoms with Gasteiger partial charge in [-0.1, -0.05) is 32.0 Å². The van der Waals surface area contributed by atoms with Gasteiger partial charge in [0.2, 0.25) is 0 Å². The van der Waals surface area contributed by atoms with Crippen molar-refractivity contribution in [1.29, 1.82) is 0 Å². The Bertz CT molecular complexity index is 987. The second-order valence-corrected chi connectivity index (χ2v) is 8.18. The topological polar surface area (TPSA) is 64.0 Å². The van der Waals surface area contributed by atoms with Gasteiger partial charge >= 0.3 is 0 Å². The fraction of sp³-hybridized carbons (Fsp3) is 0.286. The summed E-state index contributed by atoms with van der Waals surface area (Å²) in [6.45, 7) is 7.62. The van der Waals surface area contributed by atoms with E-state index in [1.165, 1.54) is 27.6 Å². The Labute approximate surface area is 162 Å². The first-order chi connectivity index (χ1) is 12.8.